The monoisotopic (exact) mass is 527 g/mol. The quantitative estimate of drug-likeness (QED) is 0.472. The number of nitrogens with one attached hydrogen (secondary N) is 2. The third-order valence-electron chi connectivity index (χ3n) is 5.32. The van der Waals surface area contributed by atoms with Crippen molar-refractivity contribution in [1.29, 1.82) is 0 Å². The molecule has 37 heavy (non-hydrogen) atoms. The predicted molar refractivity (Wildman–Crippen MR) is 115 cm³/mol. The Morgan fingerprint density at radius 2 is 1.59 bits per heavy atom. The molecule has 3 aromatic rings. The van der Waals surface area contributed by atoms with E-state index in [2.05, 4.69) is 30.7 Å². The summed E-state index contributed by atoms with van der Waals surface area (Å²) in [6, 6.07) is -0.286. The summed E-state index contributed by atoms with van der Waals surface area (Å²) in [4.78, 5) is 37.2. The van der Waals surface area contributed by atoms with Crippen LogP contribution in [0, 0.1) is 6.92 Å². The van der Waals surface area contributed by atoms with Crippen molar-refractivity contribution in [2.45, 2.75) is 51.1 Å². The SMILES string of the molecule is Cc1nc([C@H](C)NC(=O)c2cc(C(F)(F)F)cc(C(F)(F)F)c2)n(-c2cnc(C(=O)NC3CC3)cn2)n1. The van der Waals surface area contributed by atoms with Gasteiger partial charge in [-0.3, -0.25) is 9.59 Å². The van der Waals surface area contributed by atoms with Gasteiger partial charge in [-0.15, -0.1) is 5.10 Å². The molecule has 0 saturated heterocycles. The van der Waals surface area contributed by atoms with Gasteiger partial charge in [-0.05, 0) is 44.9 Å². The van der Waals surface area contributed by atoms with E-state index in [4.69, 9.17) is 0 Å². The number of aryl methyl sites for hydroxylation is 1. The molecule has 0 aliphatic heterocycles. The highest BCUT2D eigenvalue weighted by molar-refractivity contribution is 5.95. The molecule has 1 fully saturated rings. The summed E-state index contributed by atoms with van der Waals surface area (Å²) in [6.45, 7) is 2.95. The maximum Gasteiger partial charge on any atom is 0.416 e. The summed E-state index contributed by atoms with van der Waals surface area (Å²) in [7, 11) is 0. The minimum atomic E-state index is -5.10. The van der Waals surface area contributed by atoms with Crippen molar-refractivity contribution in [1.82, 2.24) is 35.4 Å². The molecule has 0 bridgehead atoms. The maximum atomic E-state index is 13.2. The van der Waals surface area contributed by atoms with Gasteiger partial charge in [-0.2, -0.15) is 31.0 Å². The van der Waals surface area contributed by atoms with E-state index in [1.807, 2.05) is 0 Å². The van der Waals surface area contributed by atoms with Crippen LogP contribution in [0.4, 0.5) is 26.3 Å². The molecule has 1 aliphatic carbocycles. The number of hydrogen-bond acceptors (Lipinski definition) is 6. The minimum Gasteiger partial charge on any atom is -0.348 e. The molecule has 1 aliphatic rings. The topological polar surface area (TPSA) is 115 Å². The van der Waals surface area contributed by atoms with Crippen molar-refractivity contribution in [2.24, 2.45) is 0 Å². The molecular weight excluding hydrogens is 508 g/mol. The summed E-state index contributed by atoms with van der Waals surface area (Å²) in [5.74, 6) is -1.13. The van der Waals surface area contributed by atoms with Crippen LogP contribution in [0.1, 0.15) is 69.4 Å². The summed E-state index contributed by atoms with van der Waals surface area (Å²) < 4.78 is 80.1. The zero-order valence-corrected chi connectivity index (χ0v) is 19.3. The molecule has 0 unspecified atom stereocenters. The third-order valence-corrected chi connectivity index (χ3v) is 5.32. The van der Waals surface area contributed by atoms with Crippen LogP contribution in [0.25, 0.3) is 5.82 Å². The maximum absolute atomic E-state index is 13.2. The Morgan fingerprint density at radius 3 is 2.11 bits per heavy atom. The van der Waals surface area contributed by atoms with Crippen LogP contribution in [0.5, 0.6) is 0 Å². The van der Waals surface area contributed by atoms with E-state index in [1.165, 1.54) is 30.9 Å². The van der Waals surface area contributed by atoms with E-state index < -0.39 is 46.9 Å². The molecule has 196 valence electrons. The number of carbonyl (C=O) groups is 2. The molecule has 1 saturated carbocycles. The van der Waals surface area contributed by atoms with Gasteiger partial charge < -0.3 is 10.6 Å². The number of amides is 2. The van der Waals surface area contributed by atoms with Crippen molar-refractivity contribution in [3.63, 3.8) is 0 Å². The largest absolute Gasteiger partial charge is 0.416 e. The van der Waals surface area contributed by atoms with Crippen LogP contribution in [-0.4, -0.2) is 42.6 Å². The third kappa shape index (κ3) is 6.03. The van der Waals surface area contributed by atoms with Gasteiger partial charge in [0.25, 0.3) is 11.8 Å². The van der Waals surface area contributed by atoms with Crippen molar-refractivity contribution in [3.8, 4) is 5.82 Å². The molecule has 15 heteroatoms. The van der Waals surface area contributed by atoms with Crippen LogP contribution < -0.4 is 10.6 Å². The molecule has 2 heterocycles. The number of halogens is 6. The van der Waals surface area contributed by atoms with Crippen LogP contribution in [-0.2, 0) is 12.4 Å². The van der Waals surface area contributed by atoms with Crippen LogP contribution in [0.2, 0.25) is 0 Å². The van der Waals surface area contributed by atoms with Gasteiger partial charge in [-0.25, -0.2) is 15.0 Å². The first-order valence-corrected chi connectivity index (χ1v) is 10.9. The number of aromatic nitrogens is 5. The zero-order valence-electron chi connectivity index (χ0n) is 19.3. The van der Waals surface area contributed by atoms with E-state index in [1.54, 1.807) is 0 Å². The fourth-order valence-electron chi connectivity index (χ4n) is 3.35. The van der Waals surface area contributed by atoms with Gasteiger partial charge in [0.15, 0.2) is 11.6 Å². The van der Waals surface area contributed by atoms with Crippen molar-refractivity contribution in [3.05, 3.63) is 64.6 Å². The van der Waals surface area contributed by atoms with Crippen LogP contribution in [0.15, 0.2) is 30.6 Å². The molecule has 2 aromatic heterocycles. The van der Waals surface area contributed by atoms with Gasteiger partial charge in [0.2, 0.25) is 0 Å². The van der Waals surface area contributed by atoms with Gasteiger partial charge in [-0.1, -0.05) is 0 Å². The highest BCUT2D eigenvalue weighted by Gasteiger charge is 2.37. The normalized spacial score (nSPS) is 14.8. The van der Waals surface area contributed by atoms with Crippen molar-refractivity contribution < 1.29 is 35.9 Å². The molecule has 1 aromatic carbocycles. The molecule has 1 atom stereocenters. The van der Waals surface area contributed by atoms with Gasteiger partial charge in [0.1, 0.15) is 11.5 Å². The molecule has 2 amide bonds. The van der Waals surface area contributed by atoms with Gasteiger partial charge >= 0.3 is 12.4 Å². The standard InChI is InChI=1S/C22H19F6N7O2/c1-10(31-19(36)12-5-13(21(23,24)25)7-14(6-12)22(26,27)28)18-32-11(2)34-35(18)17-9-29-16(8-30-17)20(37)33-15-3-4-15/h5-10,15H,3-4H2,1-2H3,(H,31,36)(H,33,37)/t10-/m0/s1. The first-order chi connectivity index (χ1) is 17.2. The lowest BCUT2D eigenvalue weighted by Crippen LogP contribution is -2.29. The Balaban J connectivity index is 1.57. The predicted octanol–water partition coefficient (Wildman–Crippen LogP) is 3.79. The summed E-state index contributed by atoms with van der Waals surface area (Å²) in [5, 5.41) is 9.27. The van der Waals surface area contributed by atoms with Crippen molar-refractivity contribution in [2.75, 3.05) is 0 Å². The second kappa shape index (κ2) is 9.44. The van der Waals surface area contributed by atoms with Crippen LogP contribution in [0.3, 0.4) is 0 Å². The Hall–Kier alpha value is -4.04. The average molecular weight is 527 g/mol. The first-order valence-electron chi connectivity index (χ1n) is 10.9. The number of hydrogen-bond donors (Lipinski definition) is 2. The smallest absolute Gasteiger partial charge is 0.348 e. The molecule has 9 nitrogen and oxygen atoms in total. The average Bonchev–Trinajstić information content (AvgIpc) is 3.55. The molecular formula is C22H19F6N7O2. The lowest BCUT2D eigenvalue weighted by Gasteiger charge is -2.17. The summed E-state index contributed by atoms with van der Waals surface area (Å²) >= 11 is 0. The number of benzene rings is 1. The molecule has 2 N–H and O–H groups in total. The second-order valence-electron chi connectivity index (χ2n) is 8.43. The lowest BCUT2D eigenvalue weighted by molar-refractivity contribution is -0.143. The minimum absolute atomic E-state index is 0.0621. The summed E-state index contributed by atoms with van der Waals surface area (Å²) in [6.07, 6.45) is -5.95. The summed E-state index contributed by atoms with van der Waals surface area (Å²) in [5.41, 5.74) is -3.98. The lowest BCUT2D eigenvalue weighted by atomic mass is 10.0. The Kier molecular flexibility index (Phi) is 6.64. The Morgan fingerprint density at radius 1 is 0.973 bits per heavy atom. The highest BCUT2D eigenvalue weighted by Crippen LogP contribution is 2.36. The molecule has 0 spiro atoms. The van der Waals surface area contributed by atoms with Crippen LogP contribution >= 0.6 is 0 Å². The van der Waals surface area contributed by atoms with Gasteiger partial charge in [0, 0.05) is 11.6 Å². The van der Waals surface area contributed by atoms with Gasteiger partial charge in [0.05, 0.1) is 29.6 Å². The Bertz CT molecular complexity index is 1300. The second-order valence-corrected chi connectivity index (χ2v) is 8.43. The first kappa shape index (κ1) is 26.0. The number of nitrogens with zero attached hydrogens (tertiary/aromatic N) is 5. The van der Waals surface area contributed by atoms with E-state index in [0.29, 0.717) is 12.1 Å². The number of rotatable bonds is 6. The van der Waals surface area contributed by atoms with E-state index in [9.17, 15) is 35.9 Å². The van der Waals surface area contributed by atoms with E-state index >= 15 is 0 Å². The molecule has 4 rings (SSSR count). The number of carbonyl (C=O) groups excluding carboxylic acids is 2. The van der Waals surface area contributed by atoms with Crippen molar-refractivity contribution >= 4 is 11.8 Å². The van der Waals surface area contributed by atoms with E-state index in [0.717, 1.165) is 12.8 Å². The fourth-order valence-corrected chi connectivity index (χ4v) is 3.35. The molecule has 0 radical (unpaired) electrons. The highest BCUT2D eigenvalue weighted by atomic mass is 19.4. The Labute approximate surface area is 205 Å². The van der Waals surface area contributed by atoms with E-state index in [-0.39, 0.29) is 35.3 Å². The number of alkyl halides is 6. The fraction of sp³-hybridized carbons (Fsp3) is 0.364. The zero-order chi connectivity index (χ0) is 27.1.